The quantitative estimate of drug-likeness (QED) is 0.687. The Morgan fingerprint density at radius 1 is 1.14 bits per heavy atom. The minimum atomic E-state index is -0.125. The molecule has 0 aliphatic heterocycles. The fourth-order valence-electron chi connectivity index (χ4n) is 3.01. The molecule has 28 heavy (non-hydrogen) atoms. The Bertz CT molecular complexity index is 1000. The first-order valence-electron chi connectivity index (χ1n) is 9.13. The number of nitrogens with zero attached hydrogens (tertiary/aromatic N) is 2. The molecule has 0 bridgehead atoms. The van der Waals surface area contributed by atoms with E-state index in [-0.39, 0.29) is 11.7 Å². The Labute approximate surface area is 164 Å². The van der Waals surface area contributed by atoms with Crippen LogP contribution in [0.15, 0.2) is 67.1 Å². The van der Waals surface area contributed by atoms with Crippen molar-refractivity contribution in [1.29, 1.82) is 0 Å². The van der Waals surface area contributed by atoms with Crippen LogP contribution in [-0.4, -0.2) is 28.3 Å². The van der Waals surface area contributed by atoms with Gasteiger partial charge in [0.05, 0.1) is 18.4 Å². The van der Waals surface area contributed by atoms with Gasteiger partial charge >= 0.3 is 0 Å². The molecule has 0 unspecified atom stereocenters. The van der Waals surface area contributed by atoms with Gasteiger partial charge in [0.25, 0.3) is 5.91 Å². The highest BCUT2D eigenvalue weighted by Gasteiger charge is 2.12. The molecule has 0 radical (unpaired) electrons. The maximum absolute atomic E-state index is 12.2. The Morgan fingerprint density at radius 2 is 1.93 bits per heavy atom. The number of hydrogen-bond acceptors (Lipinski definition) is 3. The number of aryl methyl sites for hydroxylation is 1. The second-order valence-electron chi connectivity index (χ2n) is 6.60. The molecular formula is C23H23N3O2. The zero-order valence-corrected chi connectivity index (χ0v) is 16.1. The average molecular weight is 373 g/mol. The fraction of sp³-hybridized carbons (Fsp3) is 0.174. The molecule has 142 valence electrons. The van der Waals surface area contributed by atoms with Gasteiger partial charge in [-0.05, 0) is 28.8 Å². The van der Waals surface area contributed by atoms with E-state index in [2.05, 4.69) is 10.3 Å². The minimum Gasteiger partial charge on any atom is -0.355 e. The van der Waals surface area contributed by atoms with Gasteiger partial charge in [-0.15, -0.1) is 0 Å². The van der Waals surface area contributed by atoms with Crippen LogP contribution in [0.4, 0.5) is 0 Å². The van der Waals surface area contributed by atoms with Gasteiger partial charge in [0.15, 0.2) is 0 Å². The smallest absolute Gasteiger partial charge is 0.251 e. The number of aromatic nitrogens is 2. The number of carbonyl (C=O) groups excluding carboxylic acids is 2. The van der Waals surface area contributed by atoms with E-state index in [1.807, 2.05) is 78.5 Å². The second-order valence-corrected chi connectivity index (χ2v) is 6.60. The van der Waals surface area contributed by atoms with Gasteiger partial charge in [-0.25, -0.2) is 4.98 Å². The number of rotatable bonds is 7. The number of ketones is 1. The van der Waals surface area contributed by atoms with Gasteiger partial charge in [-0.3, -0.25) is 9.59 Å². The summed E-state index contributed by atoms with van der Waals surface area (Å²) in [6.07, 6.45) is 7.98. The van der Waals surface area contributed by atoms with Gasteiger partial charge in [0, 0.05) is 32.3 Å². The van der Waals surface area contributed by atoms with E-state index >= 15 is 0 Å². The van der Waals surface area contributed by atoms with Gasteiger partial charge in [0.2, 0.25) is 0 Å². The first-order chi connectivity index (χ1) is 13.6. The summed E-state index contributed by atoms with van der Waals surface area (Å²) in [5.41, 5.74) is 4.18. The number of nitrogens with one attached hydrogen (secondary N) is 1. The summed E-state index contributed by atoms with van der Waals surface area (Å²) in [5.74, 6) is -0.0138. The first kappa shape index (κ1) is 19.3. The Balaban J connectivity index is 1.76. The van der Waals surface area contributed by atoms with Crippen LogP contribution in [0.2, 0.25) is 0 Å². The first-order valence-corrected chi connectivity index (χ1v) is 9.13. The molecule has 0 aliphatic rings. The normalized spacial score (nSPS) is 10.9. The molecule has 5 heteroatoms. The zero-order valence-electron chi connectivity index (χ0n) is 16.1. The van der Waals surface area contributed by atoms with Crippen LogP contribution in [0.3, 0.4) is 0 Å². The highest BCUT2D eigenvalue weighted by Crippen LogP contribution is 2.25. The predicted octanol–water partition coefficient (Wildman–Crippen LogP) is 3.66. The number of allylic oxidation sites excluding steroid dienone is 1. The number of amides is 1. The van der Waals surface area contributed by atoms with Crippen molar-refractivity contribution in [3.63, 3.8) is 0 Å². The number of benzene rings is 2. The largest absolute Gasteiger partial charge is 0.355 e. The van der Waals surface area contributed by atoms with Crippen LogP contribution >= 0.6 is 0 Å². The summed E-state index contributed by atoms with van der Waals surface area (Å²) >= 11 is 0. The SMILES string of the molecule is CNC(=O)c1ccc(/C=C/CC(=O)Cc2cn(C)cn2)cc1-c1ccccc1. The predicted molar refractivity (Wildman–Crippen MR) is 111 cm³/mol. The Hall–Kier alpha value is -3.47. The van der Waals surface area contributed by atoms with Crippen molar-refractivity contribution in [3.8, 4) is 11.1 Å². The number of Topliss-reactive ketones (excluding diaryl/α,β-unsaturated/α-hetero) is 1. The minimum absolute atomic E-state index is 0.111. The van der Waals surface area contributed by atoms with Crippen molar-refractivity contribution in [3.05, 3.63) is 84.0 Å². The van der Waals surface area contributed by atoms with Gasteiger partial charge in [-0.2, -0.15) is 0 Å². The van der Waals surface area contributed by atoms with Crippen molar-refractivity contribution in [1.82, 2.24) is 14.9 Å². The van der Waals surface area contributed by atoms with Crippen LogP contribution in [0.25, 0.3) is 17.2 Å². The van der Waals surface area contributed by atoms with Crippen molar-refractivity contribution < 1.29 is 9.59 Å². The Kier molecular flexibility index (Phi) is 6.17. The summed E-state index contributed by atoms with van der Waals surface area (Å²) in [7, 11) is 3.51. The van der Waals surface area contributed by atoms with Crippen LogP contribution in [0, 0.1) is 0 Å². The van der Waals surface area contributed by atoms with Crippen molar-refractivity contribution in [2.24, 2.45) is 7.05 Å². The molecule has 1 heterocycles. The molecule has 0 aliphatic carbocycles. The molecule has 1 amide bonds. The molecule has 0 spiro atoms. The van der Waals surface area contributed by atoms with E-state index in [0.717, 1.165) is 22.4 Å². The second kappa shape index (κ2) is 8.95. The van der Waals surface area contributed by atoms with Crippen LogP contribution in [0.5, 0.6) is 0 Å². The summed E-state index contributed by atoms with van der Waals surface area (Å²) in [6.45, 7) is 0. The van der Waals surface area contributed by atoms with Gasteiger partial charge < -0.3 is 9.88 Å². The molecule has 5 nitrogen and oxygen atoms in total. The third-order valence-corrected chi connectivity index (χ3v) is 4.39. The molecule has 0 fully saturated rings. The fourth-order valence-corrected chi connectivity index (χ4v) is 3.01. The van der Waals surface area contributed by atoms with Crippen molar-refractivity contribution >= 4 is 17.8 Å². The van der Waals surface area contributed by atoms with E-state index in [1.165, 1.54) is 0 Å². The standard InChI is InChI=1S/C23H23N3O2/c1-24-23(28)21-12-11-17(13-22(21)18-8-4-3-5-9-18)7-6-10-20(27)14-19-15-26(2)16-25-19/h3-9,11-13,15-16H,10,14H2,1-2H3,(H,24,28)/b7-6+. The lowest BCUT2D eigenvalue weighted by atomic mass is 9.96. The monoisotopic (exact) mass is 373 g/mol. The third kappa shape index (κ3) is 4.82. The number of hydrogen-bond donors (Lipinski definition) is 1. The summed E-state index contributed by atoms with van der Waals surface area (Å²) in [4.78, 5) is 28.5. The molecule has 0 atom stereocenters. The maximum atomic E-state index is 12.2. The van der Waals surface area contributed by atoms with Gasteiger partial charge in [0.1, 0.15) is 5.78 Å². The maximum Gasteiger partial charge on any atom is 0.251 e. The van der Waals surface area contributed by atoms with E-state index in [9.17, 15) is 9.59 Å². The molecule has 2 aromatic carbocycles. The van der Waals surface area contributed by atoms with E-state index in [0.29, 0.717) is 18.4 Å². The van der Waals surface area contributed by atoms with Crippen LogP contribution < -0.4 is 5.32 Å². The van der Waals surface area contributed by atoms with Crippen molar-refractivity contribution in [2.45, 2.75) is 12.8 Å². The number of imidazole rings is 1. The van der Waals surface area contributed by atoms with Crippen LogP contribution in [0.1, 0.15) is 28.0 Å². The lowest BCUT2D eigenvalue weighted by molar-refractivity contribution is -0.117. The topological polar surface area (TPSA) is 64.0 Å². The zero-order chi connectivity index (χ0) is 19.9. The molecule has 1 N–H and O–H groups in total. The Morgan fingerprint density at radius 3 is 2.61 bits per heavy atom. The summed E-state index contributed by atoms with van der Waals surface area (Å²) in [5, 5.41) is 2.68. The van der Waals surface area contributed by atoms with Crippen molar-refractivity contribution in [2.75, 3.05) is 7.05 Å². The summed E-state index contributed by atoms with van der Waals surface area (Å²) < 4.78 is 1.83. The number of carbonyl (C=O) groups is 2. The van der Waals surface area contributed by atoms with E-state index in [1.54, 1.807) is 13.4 Å². The van der Waals surface area contributed by atoms with Crippen LogP contribution in [-0.2, 0) is 18.3 Å². The third-order valence-electron chi connectivity index (χ3n) is 4.39. The summed E-state index contributed by atoms with van der Waals surface area (Å²) in [6, 6.07) is 15.5. The molecule has 0 saturated carbocycles. The highest BCUT2D eigenvalue weighted by atomic mass is 16.1. The molecule has 3 rings (SSSR count). The average Bonchev–Trinajstić information content (AvgIpc) is 3.12. The lowest BCUT2D eigenvalue weighted by Crippen LogP contribution is -2.18. The van der Waals surface area contributed by atoms with E-state index in [4.69, 9.17) is 0 Å². The lowest BCUT2D eigenvalue weighted by Gasteiger charge is -2.10. The molecular weight excluding hydrogens is 350 g/mol. The highest BCUT2D eigenvalue weighted by molar-refractivity contribution is 6.01. The van der Waals surface area contributed by atoms with E-state index < -0.39 is 0 Å². The van der Waals surface area contributed by atoms with Gasteiger partial charge in [-0.1, -0.05) is 48.6 Å². The molecule has 3 aromatic rings. The molecule has 1 aromatic heterocycles. The molecule has 0 saturated heterocycles.